The van der Waals surface area contributed by atoms with E-state index in [9.17, 15) is 9.59 Å². The van der Waals surface area contributed by atoms with Gasteiger partial charge >= 0.3 is 5.69 Å². The zero-order chi connectivity index (χ0) is 15.7. The molecule has 0 aromatic carbocycles. The molecule has 7 nitrogen and oxygen atoms in total. The van der Waals surface area contributed by atoms with Crippen molar-refractivity contribution < 1.29 is 0 Å². The summed E-state index contributed by atoms with van der Waals surface area (Å²) in [6, 6.07) is 1.87. The molecule has 0 bridgehead atoms. The minimum atomic E-state index is -0.583. The Kier molecular flexibility index (Phi) is 4.40. The van der Waals surface area contributed by atoms with E-state index in [4.69, 9.17) is 5.26 Å². The quantitative estimate of drug-likeness (QED) is 0.818. The fourth-order valence-electron chi connectivity index (χ4n) is 1.61. The van der Waals surface area contributed by atoms with Crippen molar-refractivity contribution in [2.45, 2.75) is 19.4 Å². The molecule has 1 N–H and O–H groups in total. The number of rotatable bonds is 4. The highest BCUT2D eigenvalue weighted by molar-refractivity contribution is 5.51. The summed E-state index contributed by atoms with van der Waals surface area (Å²) in [6.07, 6.45) is 0. The van der Waals surface area contributed by atoms with Gasteiger partial charge in [-0.1, -0.05) is 0 Å². The monoisotopic (exact) mass is 279 g/mol. The van der Waals surface area contributed by atoms with Gasteiger partial charge in [0.25, 0.3) is 5.56 Å². The SMILES string of the molecule is CN(C)C(C)(C)CNc1c(C#N)c(=O)n(C)c(=O)n1C. The first kappa shape index (κ1) is 16.0. The van der Waals surface area contributed by atoms with E-state index in [2.05, 4.69) is 5.32 Å². The van der Waals surface area contributed by atoms with Crippen LogP contribution in [0, 0.1) is 11.3 Å². The predicted octanol–water partition coefficient (Wildman–Crippen LogP) is -0.292. The van der Waals surface area contributed by atoms with Crippen LogP contribution in [0.2, 0.25) is 0 Å². The van der Waals surface area contributed by atoms with Crippen LogP contribution in [0.4, 0.5) is 5.82 Å². The molecule has 0 aliphatic heterocycles. The summed E-state index contributed by atoms with van der Waals surface area (Å²) in [7, 11) is 6.78. The summed E-state index contributed by atoms with van der Waals surface area (Å²) in [6.45, 7) is 4.53. The third kappa shape index (κ3) is 2.75. The molecule has 1 aromatic rings. The zero-order valence-corrected chi connectivity index (χ0v) is 12.8. The van der Waals surface area contributed by atoms with Crippen LogP contribution in [-0.4, -0.2) is 40.2 Å². The topological polar surface area (TPSA) is 83.1 Å². The Morgan fingerprint density at radius 1 is 1.25 bits per heavy atom. The second kappa shape index (κ2) is 5.51. The lowest BCUT2D eigenvalue weighted by atomic mass is 10.0. The summed E-state index contributed by atoms with van der Waals surface area (Å²) in [4.78, 5) is 25.9. The van der Waals surface area contributed by atoms with Gasteiger partial charge in [0.05, 0.1) is 0 Å². The van der Waals surface area contributed by atoms with Crippen molar-refractivity contribution in [3.63, 3.8) is 0 Å². The molecule has 1 heterocycles. The van der Waals surface area contributed by atoms with E-state index in [-0.39, 0.29) is 16.9 Å². The largest absolute Gasteiger partial charge is 0.368 e. The summed E-state index contributed by atoms with van der Waals surface area (Å²) < 4.78 is 2.21. The molecule has 0 amide bonds. The Hall–Kier alpha value is -2.07. The number of hydrogen-bond acceptors (Lipinski definition) is 5. The summed E-state index contributed by atoms with van der Waals surface area (Å²) >= 11 is 0. The second-order valence-corrected chi connectivity index (χ2v) is 5.60. The molecular weight excluding hydrogens is 258 g/mol. The van der Waals surface area contributed by atoms with Gasteiger partial charge in [-0.3, -0.25) is 13.9 Å². The lowest BCUT2D eigenvalue weighted by Crippen LogP contribution is -2.46. The van der Waals surface area contributed by atoms with E-state index in [1.54, 1.807) is 0 Å². The Labute approximate surface area is 118 Å². The highest BCUT2D eigenvalue weighted by Crippen LogP contribution is 2.13. The van der Waals surface area contributed by atoms with Crippen molar-refractivity contribution in [1.82, 2.24) is 14.0 Å². The van der Waals surface area contributed by atoms with Crippen LogP contribution >= 0.6 is 0 Å². The molecule has 0 atom stereocenters. The first-order chi connectivity index (χ1) is 9.13. The van der Waals surface area contributed by atoms with E-state index in [1.165, 1.54) is 18.7 Å². The Bertz CT molecular complexity index is 661. The van der Waals surface area contributed by atoms with Crippen LogP contribution in [0.5, 0.6) is 0 Å². The molecule has 0 aliphatic carbocycles. The number of likely N-dealkylation sites (N-methyl/N-ethyl adjacent to an activating group) is 1. The molecule has 1 aromatic heterocycles. The lowest BCUT2D eigenvalue weighted by molar-refractivity contribution is 0.209. The fraction of sp³-hybridized carbons (Fsp3) is 0.615. The molecule has 20 heavy (non-hydrogen) atoms. The van der Waals surface area contributed by atoms with Crippen LogP contribution in [0.3, 0.4) is 0 Å². The summed E-state index contributed by atoms with van der Waals surface area (Å²) in [5.74, 6) is 0.260. The fourth-order valence-corrected chi connectivity index (χ4v) is 1.61. The van der Waals surface area contributed by atoms with Crippen molar-refractivity contribution in [2.24, 2.45) is 14.1 Å². The van der Waals surface area contributed by atoms with Gasteiger partial charge in [-0.15, -0.1) is 0 Å². The van der Waals surface area contributed by atoms with E-state index >= 15 is 0 Å². The van der Waals surface area contributed by atoms with Gasteiger partial charge < -0.3 is 10.2 Å². The van der Waals surface area contributed by atoms with Crippen LogP contribution in [0.1, 0.15) is 19.4 Å². The van der Waals surface area contributed by atoms with Gasteiger partial charge in [-0.05, 0) is 27.9 Å². The summed E-state index contributed by atoms with van der Waals surface area (Å²) in [5, 5.41) is 12.2. The van der Waals surface area contributed by atoms with Gasteiger partial charge in [-0.2, -0.15) is 5.26 Å². The minimum absolute atomic E-state index is 0.0517. The molecule has 0 aliphatic rings. The van der Waals surface area contributed by atoms with Crippen LogP contribution < -0.4 is 16.6 Å². The van der Waals surface area contributed by atoms with Crippen molar-refractivity contribution in [3.8, 4) is 6.07 Å². The average Bonchev–Trinajstić information content (AvgIpc) is 2.38. The number of anilines is 1. The van der Waals surface area contributed by atoms with E-state index in [0.29, 0.717) is 6.54 Å². The lowest BCUT2D eigenvalue weighted by Gasteiger charge is -2.33. The van der Waals surface area contributed by atoms with Crippen molar-refractivity contribution in [2.75, 3.05) is 26.0 Å². The van der Waals surface area contributed by atoms with E-state index < -0.39 is 11.2 Å². The predicted molar refractivity (Wildman–Crippen MR) is 77.9 cm³/mol. The summed E-state index contributed by atoms with van der Waals surface area (Å²) in [5.41, 5.74) is -1.28. The van der Waals surface area contributed by atoms with E-state index in [0.717, 1.165) is 4.57 Å². The Balaban J connectivity index is 3.31. The Morgan fingerprint density at radius 2 is 1.80 bits per heavy atom. The standard InChI is InChI=1S/C13H21N5O2/c1-13(2,16(3)4)8-15-10-9(7-14)11(19)18(6)12(20)17(10)5/h15H,8H2,1-6H3. The maximum atomic E-state index is 11.9. The molecule has 7 heteroatoms. The smallest absolute Gasteiger partial charge is 0.332 e. The number of nitriles is 1. The van der Waals surface area contributed by atoms with Crippen LogP contribution in [-0.2, 0) is 14.1 Å². The van der Waals surface area contributed by atoms with Gasteiger partial charge in [-0.25, -0.2) is 4.79 Å². The molecule has 0 fully saturated rings. The number of hydrogen-bond donors (Lipinski definition) is 1. The molecule has 0 spiro atoms. The van der Waals surface area contributed by atoms with Gasteiger partial charge in [0.1, 0.15) is 11.9 Å². The number of aromatic nitrogens is 2. The number of nitrogens with one attached hydrogen (secondary N) is 1. The molecular formula is C13H21N5O2. The third-order valence-corrected chi connectivity index (χ3v) is 3.68. The minimum Gasteiger partial charge on any atom is -0.368 e. The highest BCUT2D eigenvalue weighted by Gasteiger charge is 2.22. The number of nitrogens with zero attached hydrogens (tertiary/aromatic N) is 4. The highest BCUT2D eigenvalue weighted by atomic mass is 16.2. The van der Waals surface area contributed by atoms with Crippen molar-refractivity contribution in [3.05, 3.63) is 26.4 Å². The Morgan fingerprint density at radius 3 is 2.25 bits per heavy atom. The van der Waals surface area contributed by atoms with Crippen LogP contribution in [0.25, 0.3) is 0 Å². The van der Waals surface area contributed by atoms with E-state index in [1.807, 2.05) is 38.9 Å². The maximum Gasteiger partial charge on any atom is 0.332 e. The molecule has 0 unspecified atom stereocenters. The average molecular weight is 279 g/mol. The molecule has 1 rings (SSSR count). The first-order valence-corrected chi connectivity index (χ1v) is 6.25. The maximum absolute atomic E-state index is 11.9. The second-order valence-electron chi connectivity index (χ2n) is 5.60. The molecule has 0 saturated carbocycles. The van der Waals surface area contributed by atoms with Gasteiger partial charge in [0, 0.05) is 26.2 Å². The third-order valence-electron chi connectivity index (χ3n) is 3.68. The van der Waals surface area contributed by atoms with Gasteiger partial charge in [0.2, 0.25) is 0 Å². The van der Waals surface area contributed by atoms with Crippen molar-refractivity contribution >= 4 is 5.82 Å². The van der Waals surface area contributed by atoms with Gasteiger partial charge in [0.15, 0.2) is 5.56 Å². The van der Waals surface area contributed by atoms with Crippen molar-refractivity contribution in [1.29, 1.82) is 5.26 Å². The normalized spacial score (nSPS) is 11.5. The molecule has 110 valence electrons. The van der Waals surface area contributed by atoms with Crippen LogP contribution in [0.15, 0.2) is 9.59 Å². The molecule has 0 radical (unpaired) electrons. The molecule has 0 saturated heterocycles. The zero-order valence-electron chi connectivity index (χ0n) is 12.8. The first-order valence-electron chi connectivity index (χ1n) is 6.25.